The molecule has 2 rings (SSSR count). The van der Waals surface area contributed by atoms with Gasteiger partial charge < -0.3 is 34.7 Å². The minimum Gasteiger partial charge on any atom is -0.496 e. The van der Waals surface area contributed by atoms with E-state index in [2.05, 4.69) is 10.3 Å². The molecular formula is C20H27N3O5. The van der Waals surface area contributed by atoms with Gasteiger partial charge in [-0.25, -0.2) is 0 Å². The largest absolute Gasteiger partial charge is 0.496 e. The van der Waals surface area contributed by atoms with Crippen LogP contribution in [-0.2, 0) is 6.42 Å². The summed E-state index contributed by atoms with van der Waals surface area (Å²) in [7, 11) is 7.97. The first kappa shape index (κ1) is 21.0. The average Bonchev–Trinajstić information content (AvgIpc) is 2.73. The smallest absolute Gasteiger partial charge is 0.193 e. The predicted octanol–water partition coefficient (Wildman–Crippen LogP) is 2.70. The van der Waals surface area contributed by atoms with Crippen LogP contribution in [-0.4, -0.2) is 48.1 Å². The Bertz CT molecular complexity index is 798. The second-order valence-electron chi connectivity index (χ2n) is 5.72. The summed E-state index contributed by atoms with van der Waals surface area (Å²) in [6.45, 7) is 0.450. The molecule has 0 radical (unpaired) electrons. The Kier molecular flexibility index (Phi) is 7.62. The quantitative estimate of drug-likeness (QED) is 0.503. The molecule has 28 heavy (non-hydrogen) atoms. The lowest BCUT2D eigenvalue weighted by Gasteiger charge is -2.14. The molecule has 152 valence electrons. The first-order valence-electron chi connectivity index (χ1n) is 8.64. The highest BCUT2D eigenvalue weighted by atomic mass is 16.5. The molecule has 0 spiro atoms. The molecule has 0 heterocycles. The molecule has 0 aliphatic carbocycles. The standard InChI is InChI=1S/C20H27N3O5/c1-24-14-11-17(26-3)15(18(12-14)27-4)8-9-22-20(21)23-13-6-7-16(25-2)19(10-13)28-5/h6-7,10-12H,8-9H2,1-5H3,(H3,21,22,23). The van der Waals surface area contributed by atoms with Crippen LogP contribution in [0.15, 0.2) is 35.3 Å². The van der Waals surface area contributed by atoms with Gasteiger partial charge in [0, 0.05) is 36.0 Å². The molecule has 0 aromatic heterocycles. The van der Waals surface area contributed by atoms with E-state index in [-0.39, 0.29) is 0 Å². The average molecular weight is 389 g/mol. The summed E-state index contributed by atoms with van der Waals surface area (Å²) in [4.78, 5) is 4.38. The van der Waals surface area contributed by atoms with Crippen molar-refractivity contribution in [3.05, 3.63) is 35.9 Å². The van der Waals surface area contributed by atoms with Crippen LogP contribution < -0.4 is 34.7 Å². The number of hydrogen-bond donors (Lipinski definition) is 2. The fraction of sp³-hybridized carbons (Fsp3) is 0.350. The van der Waals surface area contributed by atoms with E-state index in [1.807, 2.05) is 18.2 Å². The van der Waals surface area contributed by atoms with Crippen molar-refractivity contribution >= 4 is 11.6 Å². The second kappa shape index (κ2) is 10.1. The monoisotopic (exact) mass is 389 g/mol. The van der Waals surface area contributed by atoms with Crippen molar-refractivity contribution in [2.45, 2.75) is 6.42 Å². The van der Waals surface area contributed by atoms with Crippen LogP contribution in [0, 0.1) is 0 Å². The van der Waals surface area contributed by atoms with E-state index >= 15 is 0 Å². The van der Waals surface area contributed by atoms with Gasteiger partial charge >= 0.3 is 0 Å². The molecule has 0 aliphatic rings. The Morgan fingerprint density at radius 3 is 1.96 bits per heavy atom. The highest BCUT2D eigenvalue weighted by Gasteiger charge is 2.13. The lowest BCUT2D eigenvalue weighted by molar-refractivity contribution is 0.355. The van der Waals surface area contributed by atoms with Crippen LogP contribution in [0.4, 0.5) is 5.69 Å². The second-order valence-corrected chi connectivity index (χ2v) is 5.72. The van der Waals surface area contributed by atoms with Gasteiger partial charge in [0.15, 0.2) is 17.5 Å². The molecular weight excluding hydrogens is 362 g/mol. The molecule has 8 heteroatoms. The predicted molar refractivity (Wildman–Crippen MR) is 109 cm³/mol. The number of ether oxygens (including phenoxy) is 5. The maximum Gasteiger partial charge on any atom is 0.193 e. The SMILES string of the molecule is COc1cc(OC)c(CCN=C(N)Nc2ccc(OC)c(OC)c2)c(OC)c1. The Hall–Kier alpha value is -3.29. The van der Waals surface area contributed by atoms with Crippen molar-refractivity contribution in [1.82, 2.24) is 0 Å². The van der Waals surface area contributed by atoms with Crippen molar-refractivity contribution in [2.75, 3.05) is 47.4 Å². The molecule has 0 fully saturated rings. The van der Waals surface area contributed by atoms with E-state index in [0.29, 0.717) is 47.7 Å². The molecule has 0 saturated carbocycles. The summed E-state index contributed by atoms with van der Waals surface area (Å²) < 4.78 is 26.7. The summed E-state index contributed by atoms with van der Waals surface area (Å²) >= 11 is 0. The fourth-order valence-corrected chi connectivity index (χ4v) is 2.71. The maximum atomic E-state index is 6.00. The number of anilines is 1. The van der Waals surface area contributed by atoms with Gasteiger partial charge in [-0.05, 0) is 18.6 Å². The van der Waals surface area contributed by atoms with Crippen molar-refractivity contribution in [1.29, 1.82) is 0 Å². The molecule has 3 N–H and O–H groups in total. The molecule has 2 aromatic rings. The minimum atomic E-state index is 0.290. The Morgan fingerprint density at radius 2 is 1.43 bits per heavy atom. The summed E-state index contributed by atoms with van der Waals surface area (Å²) in [5, 5.41) is 3.04. The van der Waals surface area contributed by atoms with Crippen molar-refractivity contribution in [2.24, 2.45) is 10.7 Å². The van der Waals surface area contributed by atoms with Crippen LogP contribution in [0.3, 0.4) is 0 Å². The van der Waals surface area contributed by atoms with Crippen LogP contribution in [0.1, 0.15) is 5.56 Å². The zero-order valence-electron chi connectivity index (χ0n) is 16.9. The fourth-order valence-electron chi connectivity index (χ4n) is 2.71. The van der Waals surface area contributed by atoms with Gasteiger partial charge in [0.1, 0.15) is 17.2 Å². The van der Waals surface area contributed by atoms with E-state index in [1.165, 1.54) is 0 Å². The molecule has 0 saturated heterocycles. The number of nitrogens with zero attached hydrogens (tertiary/aromatic N) is 1. The lowest BCUT2D eigenvalue weighted by Crippen LogP contribution is -2.23. The minimum absolute atomic E-state index is 0.290. The first-order chi connectivity index (χ1) is 13.6. The number of aliphatic imine (C=N–C) groups is 1. The number of nitrogens with two attached hydrogens (primary N) is 1. The number of nitrogens with one attached hydrogen (secondary N) is 1. The molecule has 2 aromatic carbocycles. The van der Waals surface area contributed by atoms with E-state index < -0.39 is 0 Å². The van der Waals surface area contributed by atoms with Crippen molar-refractivity contribution in [3.8, 4) is 28.7 Å². The Morgan fingerprint density at radius 1 is 0.821 bits per heavy atom. The van der Waals surface area contributed by atoms with Crippen molar-refractivity contribution < 1.29 is 23.7 Å². The van der Waals surface area contributed by atoms with Crippen LogP contribution >= 0.6 is 0 Å². The maximum absolute atomic E-state index is 6.00. The third kappa shape index (κ3) is 5.12. The molecule has 0 amide bonds. The number of rotatable bonds is 9. The number of guanidine groups is 1. The number of benzene rings is 2. The summed E-state index contributed by atoms with van der Waals surface area (Å²) in [6.07, 6.45) is 0.588. The van der Waals surface area contributed by atoms with Gasteiger partial charge in [0.05, 0.1) is 35.5 Å². The third-order valence-electron chi connectivity index (χ3n) is 4.12. The van der Waals surface area contributed by atoms with Gasteiger partial charge in [-0.1, -0.05) is 0 Å². The first-order valence-corrected chi connectivity index (χ1v) is 8.64. The number of methoxy groups -OCH3 is 5. The molecule has 0 atom stereocenters. The molecule has 0 unspecified atom stereocenters. The lowest BCUT2D eigenvalue weighted by atomic mass is 10.1. The molecule has 0 aliphatic heterocycles. The normalized spacial score (nSPS) is 11.0. The van der Waals surface area contributed by atoms with Gasteiger partial charge in [0.2, 0.25) is 0 Å². The highest BCUT2D eigenvalue weighted by molar-refractivity contribution is 5.92. The number of hydrogen-bond acceptors (Lipinski definition) is 6. The van der Waals surface area contributed by atoms with E-state index in [1.54, 1.807) is 47.7 Å². The summed E-state index contributed by atoms with van der Waals surface area (Å²) in [6, 6.07) is 9.04. The Labute approximate surface area is 165 Å². The molecule has 8 nitrogen and oxygen atoms in total. The van der Waals surface area contributed by atoms with Gasteiger partial charge in [0.25, 0.3) is 0 Å². The van der Waals surface area contributed by atoms with Crippen LogP contribution in [0.25, 0.3) is 0 Å². The highest BCUT2D eigenvalue weighted by Crippen LogP contribution is 2.34. The van der Waals surface area contributed by atoms with Gasteiger partial charge in [-0.15, -0.1) is 0 Å². The van der Waals surface area contributed by atoms with Gasteiger partial charge in [-0.3, -0.25) is 4.99 Å². The summed E-state index contributed by atoms with van der Waals surface area (Å²) in [5.41, 5.74) is 7.65. The zero-order chi connectivity index (χ0) is 20.5. The Balaban J connectivity index is 2.08. The zero-order valence-corrected chi connectivity index (χ0v) is 16.9. The third-order valence-corrected chi connectivity index (χ3v) is 4.12. The van der Waals surface area contributed by atoms with E-state index in [9.17, 15) is 0 Å². The van der Waals surface area contributed by atoms with Crippen molar-refractivity contribution in [3.63, 3.8) is 0 Å². The topological polar surface area (TPSA) is 96.6 Å². The van der Waals surface area contributed by atoms with Crippen LogP contribution in [0.5, 0.6) is 28.7 Å². The van der Waals surface area contributed by atoms with Crippen LogP contribution in [0.2, 0.25) is 0 Å². The molecule has 0 bridgehead atoms. The summed E-state index contributed by atoms with van der Waals surface area (Å²) in [5.74, 6) is 3.56. The van der Waals surface area contributed by atoms with E-state index in [4.69, 9.17) is 29.4 Å². The van der Waals surface area contributed by atoms with Gasteiger partial charge in [-0.2, -0.15) is 0 Å². The van der Waals surface area contributed by atoms with E-state index in [0.717, 1.165) is 11.3 Å².